The molecule has 1 heterocycles. The minimum atomic E-state index is -1.20. The van der Waals surface area contributed by atoms with E-state index in [-0.39, 0.29) is 11.4 Å². The van der Waals surface area contributed by atoms with Crippen LogP contribution in [0, 0.1) is 5.82 Å². The number of benzene rings is 1. The minimum Gasteiger partial charge on any atom is -0.480 e. The van der Waals surface area contributed by atoms with Crippen LogP contribution in [0.5, 0.6) is 0 Å². The molecule has 1 aliphatic rings. The normalized spacial score (nSPS) is 17.2. The Kier molecular flexibility index (Phi) is 5.11. The molecule has 7 heteroatoms. The van der Waals surface area contributed by atoms with Crippen molar-refractivity contribution in [1.29, 1.82) is 0 Å². The number of hydrogen-bond donors (Lipinski definition) is 2. The Bertz CT molecular complexity index is 561. The predicted molar refractivity (Wildman–Crippen MR) is 80.2 cm³/mol. The summed E-state index contributed by atoms with van der Waals surface area (Å²) >= 11 is 7.25. The van der Waals surface area contributed by atoms with Crippen molar-refractivity contribution in [3.8, 4) is 0 Å². The van der Waals surface area contributed by atoms with Gasteiger partial charge in [0.05, 0.1) is 11.4 Å². The molecule has 2 N–H and O–H groups in total. The molecule has 1 fully saturated rings. The van der Waals surface area contributed by atoms with Crippen molar-refractivity contribution >= 4 is 35.2 Å². The van der Waals surface area contributed by atoms with Crippen molar-refractivity contribution in [1.82, 2.24) is 5.32 Å². The Morgan fingerprint density at radius 2 is 2.05 bits per heavy atom. The lowest BCUT2D eigenvalue weighted by Gasteiger charge is -2.33. The van der Waals surface area contributed by atoms with E-state index in [4.69, 9.17) is 11.6 Å². The highest BCUT2D eigenvalue weighted by atomic mass is 35.5. The number of amides is 1. The minimum absolute atomic E-state index is 0.00882. The Balaban J connectivity index is 2.05. The molecule has 0 aliphatic carbocycles. The smallest absolute Gasteiger partial charge is 0.329 e. The molecule has 21 heavy (non-hydrogen) atoms. The first-order chi connectivity index (χ1) is 9.93. The molecule has 1 aliphatic heterocycles. The van der Waals surface area contributed by atoms with Crippen LogP contribution in [-0.4, -0.2) is 34.0 Å². The molecule has 0 bridgehead atoms. The fourth-order valence-electron chi connectivity index (χ4n) is 2.26. The van der Waals surface area contributed by atoms with Gasteiger partial charge in [-0.3, -0.25) is 4.79 Å². The maximum atomic E-state index is 13.3. The third kappa shape index (κ3) is 3.89. The summed E-state index contributed by atoms with van der Waals surface area (Å²) in [5.74, 6) is -0.641. The lowest BCUT2D eigenvalue weighted by atomic mass is 9.92. The average Bonchev–Trinajstić information content (AvgIpc) is 2.43. The second kappa shape index (κ2) is 6.66. The van der Waals surface area contributed by atoms with E-state index in [0.29, 0.717) is 29.9 Å². The number of carbonyl (C=O) groups is 2. The van der Waals surface area contributed by atoms with Crippen LogP contribution in [0.25, 0.3) is 0 Å². The zero-order valence-electron chi connectivity index (χ0n) is 11.2. The van der Waals surface area contributed by atoms with Crippen LogP contribution >= 0.6 is 23.4 Å². The number of carboxylic acid groups (broad SMARTS) is 1. The molecule has 2 rings (SSSR count). The Morgan fingerprint density at radius 3 is 2.62 bits per heavy atom. The number of rotatable bonds is 4. The summed E-state index contributed by atoms with van der Waals surface area (Å²) in [6.45, 7) is 0. The van der Waals surface area contributed by atoms with Gasteiger partial charge < -0.3 is 10.4 Å². The highest BCUT2D eigenvalue weighted by Gasteiger charge is 2.41. The van der Waals surface area contributed by atoms with E-state index in [9.17, 15) is 19.1 Å². The molecule has 4 nitrogen and oxygen atoms in total. The molecular weight excluding hydrogens is 317 g/mol. The summed E-state index contributed by atoms with van der Waals surface area (Å²) in [6.07, 6.45) is 0.720. The van der Waals surface area contributed by atoms with Crippen molar-refractivity contribution in [2.45, 2.75) is 24.8 Å². The van der Waals surface area contributed by atoms with Gasteiger partial charge in [-0.1, -0.05) is 17.7 Å². The standard InChI is InChI=1S/C14H15ClFNO3S/c15-10-2-1-9(7-11(10)16)8-12(18)17-14(13(19)20)3-5-21-6-4-14/h1-2,7H,3-6,8H2,(H,17,18)(H,19,20). The first-order valence-corrected chi connectivity index (χ1v) is 8.02. The van der Waals surface area contributed by atoms with Crippen LogP contribution < -0.4 is 5.32 Å². The van der Waals surface area contributed by atoms with E-state index in [1.54, 1.807) is 17.8 Å². The van der Waals surface area contributed by atoms with Gasteiger partial charge >= 0.3 is 5.97 Å². The number of nitrogens with one attached hydrogen (secondary N) is 1. The monoisotopic (exact) mass is 331 g/mol. The predicted octanol–water partition coefficient (Wildman–Crippen LogP) is 2.49. The quantitative estimate of drug-likeness (QED) is 0.889. The zero-order valence-corrected chi connectivity index (χ0v) is 12.8. The molecule has 0 saturated carbocycles. The molecule has 1 aromatic rings. The number of halogens is 2. The molecular formula is C14H15ClFNO3S. The van der Waals surface area contributed by atoms with E-state index in [0.717, 1.165) is 0 Å². The van der Waals surface area contributed by atoms with E-state index in [1.807, 2.05) is 0 Å². The SMILES string of the molecule is O=C(Cc1ccc(Cl)c(F)c1)NC1(C(=O)O)CCSCC1. The van der Waals surface area contributed by atoms with E-state index in [1.165, 1.54) is 12.1 Å². The van der Waals surface area contributed by atoms with Crippen LogP contribution in [-0.2, 0) is 16.0 Å². The Labute approximate surface area is 131 Å². The van der Waals surface area contributed by atoms with Crippen molar-refractivity contribution < 1.29 is 19.1 Å². The number of aliphatic carboxylic acids is 1. The molecule has 0 aromatic heterocycles. The maximum Gasteiger partial charge on any atom is 0.329 e. The number of carbonyl (C=O) groups excluding carboxylic acids is 1. The molecule has 114 valence electrons. The van der Waals surface area contributed by atoms with Gasteiger partial charge in [-0.05, 0) is 42.0 Å². The highest BCUT2D eigenvalue weighted by Crippen LogP contribution is 2.27. The van der Waals surface area contributed by atoms with Gasteiger partial charge in [0.25, 0.3) is 0 Å². The second-order valence-corrected chi connectivity index (χ2v) is 6.60. The first kappa shape index (κ1) is 16.1. The third-order valence-electron chi connectivity index (χ3n) is 3.48. The fourth-order valence-corrected chi connectivity index (χ4v) is 3.57. The summed E-state index contributed by atoms with van der Waals surface area (Å²) in [4.78, 5) is 23.5. The van der Waals surface area contributed by atoms with E-state index >= 15 is 0 Å². The van der Waals surface area contributed by atoms with Crippen molar-refractivity contribution in [3.05, 3.63) is 34.6 Å². The van der Waals surface area contributed by atoms with Crippen LogP contribution in [0.2, 0.25) is 5.02 Å². The lowest BCUT2D eigenvalue weighted by Crippen LogP contribution is -2.56. The van der Waals surface area contributed by atoms with Crippen molar-refractivity contribution in [2.24, 2.45) is 0 Å². The van der Waals surface area contributed by atoms with Crippen molar-refractivity contribution in [3.63, 3.8) is 0 Å². The van der Waals surface area contributed by atoms with Gasteiger partial charge in [0.1, 0.15) is 11.4 Å². The van der Waals surface area contributed by atoms with Gasteiger partial charge in [0.2, 0.25) is 5.91 Å². The van der Waals surface area contributed by atoms with Crippen LogP contribution in [0.1, 0.15) is 18.4 Å². The number of hydrogen-bond acceptors (Lipinski definition) is 3. The van der Waals surface area contributed by atoms with Gasteiger partial charge in [-0.15, -0.1) is 0 Å². The fraction of sp³-hybridized carbons (Fsp3) is 0.429. The summed E-state index contributed by atoms with van der Waals surface area (Å²) in [7, 11) is 0. The van der Waals surface area contributed by atoms with Gasteiger partial charge in [-0.25, -0.2) is 9.18 Å². The highest BCUT2D eigenvalue weighted by molar-refractivity contribution is 7.99. The summed E-state index contributed by atoms with van der Waals surface area (Å²) in [5.41, 5.74) is -0.743. The first-order valence-electron chi connectivity index (χ1n) is 6.49. The zero-order chi connectivity index (χ0) is 15.5. The molecule has 0 atom stereocenters. The molecule has 1 saturated heterocycles. The second-order valence-electron chi connectivity index (χ2n) is 4.97. The third-order valence-corrected chi connectivity index (χ3v) is 4.78. The topological polar surface area (TPSA) is 66.4 Å². The molecule has 0 unspecified atom stereocenters. The molecule has 0 radical (unpaired) electrons. The number of thioether (sulfide) groups is 1. The summed E-state index contributed by atoms with van der Waals surface area (Å²) < 4.78 is 13.3. The summed E-state index contributed by atoms with van der Waals surface area (Å²) in [6, 6.07) is 4.12. The van der Waals surface area contributed by atoms with E-state index in [2.05, 4.69) is 5.32 Å². The van der Waals surface area contributed by atoms with Crippen molar-refractivity contribution in [2.75, 3.05) is 11.5 Å². The molecule has 1 amide bonds. The van der Waals surface area contributed by atoms with Crippen LogP contribution in [0.15, 0.2) is 18.2 Å². The molecule has 1 aromatic carbocycles. The molecule has 0 spiro atoms. The van der Waals surface area contributed by atoms with Crippen LogP contribution in [0.4, 0.5) is 4.39 Å². The van der Waals surface area contributed by atoms with Gasteiger partial charge in [-0.2, -0.15) is 11.8 Å². The average molecular weight is 332 g/mol. The lowest BCUT2D eigenvalue weighted by molar-refractivity contribution is -0.148. The Morgan fingerprint density at radius 1 is 1.38 bits per heavy atom. The Hall–Kier alpha value is -1.27. The van der Waals surface area contributed by atoms with Gasteiger partial charge in [0.15, 0.2) is 0 Å². The van der Waals surface area contributed by atoms with Gasteiger partial charge in [0, 0.05) is 0 Å². The maximum absolute atomic E-state index is 13.3. The largest absolute Gasteiger partial charge is 0.480 e. The number of carboxylic acids is 1. The van der Waals surface area contributed by atoms with E-state index < -0.39 is 23.2 Å². The summed E-state index contributed by atoms with van der Waals surface area (Å²) in [5, 5.41) is 12.0. The van der Waals surface area contributed by atoms with Crippen LogP contribution in [0.3, 0.4) is 0 Å².